The highest BCUT2D eigenvalue weighted by Gasteiger charge is 2.33. The van der Waals surface area contributed by atoms with Crippen LogP contribution in [0.5, 0.6) is 0 Å². The van der Waals surface area contributed by atoms with Gasteiger partial charge < -0.3 is 5.11 Å². The SMILES string of the molecule is CCC(C)(c1ccccc1)N(CC(=O)O)N=O. The molecule has 0 saturated heterocycles. The van der Waals surface area contributed by atoms with Crippen LogP contribution in [0.2, 0.25) is 0 Å². The van der Waals surface area contributed by atoms with Crippen LogP contribution in [0.1, 0.15) is 25.8 Å². The maximum Gasteiger partial charge on any atom is 0.325 e. The van der Waals surface area contributed by atoms with Crippen LogP contribution in [0, 0.1) is 4.91 Å². The molecule has 5 heteroatoms. The Hall–Kier alpha value is -1.91. The Bertz CT molecular complexity index is 394. The van der Waals surface area contributed by atoms with Gasteiger partial charge >= 0.3 is 5.97 Å². The molecule has 0 bridgehead atoms. The van der Waals surface area contributed by atoms with Crippen molar-refractivity contribution < 1.29 is 9.90 Å². The number of carboxylic acids is 1. The van der Waals surface area contributed by atoms with E-state index in [1.807, 2.05) is 44.2 Å². The number of nitroso groups, excluding NO2 is 1. The fourth-order valence-electron chi connectivity index (χ4n) is 1.75. The largest absolute Gasteiger partial charge is 0.480 e. The average molecular weight is 236 g/mol. The van der Waals surface area contributed by atoms with Gasteiger partial charge in [0, 0.05) is 0 Å². The molecule has 1 N–H and O–H groups in total. The summed E-state index contributed by atoms with van der Waals surface area (Å²) in [6.45, 7) is 3.31. The van der Waals surface area contributed by atoms with Crippen molar-refractivity contribution in [2.75, 3.05) is 6.54 Å². The van der Waals surface area contributed by atoms with Gasteiger partial charge in [0.2, 0.25) is 0 Å². The second-order valence-electron chi connectivity index (χ2n) is 4.03. The van der Waals surface area contributed by atoms with Crippen LogP contribution in [-0.2, 0) is 10.3 Å². The normalized spacial score (nSPS) is 13.8. The number of benzene rings is 1. The molecule has 5 nitrogen and oxygen atoms in total. The van der Waals surface area contributed by atoms with Crippen molar-refractivity contribution in [2.45, 2.75) is 25.8 Å². The zero-order valence-corrected chi connectivity index (χ0v) is 9.96. The quantitative estimate of drug-likeness (QED) is 0.608. The molecule has 0 radical (unpaired) electrons. The Balaban J connectivity index is 3.09. The van der Waals surface area contributed by atoms with Gasteiger partial charge in [-0.15, -0.1) is 4.91 Å². The summed E-state index contributed by atoms with van der Waals surface area (Å²) in [7, 11) is 0. The van der Waals surface area contributed by atoms with E-state index in [0.717, 1.165) is 10.6 Å². The third-order valence-electron chi connectivity index (χ3n) is 3.04. The van der Waals surface area contributed by atoms with E-state index in [1.54, 1.807) is 0 Å². The summed E-state index contributed by atoms with van der Waals surface area (Å²) in [6.07, 6.45) is 0.593. The molecule has 92 valence electrons. The number of carbonyl (C=O) groups is 1. The van der Waals surface area contributed by atoms with Crippen LogP contribution >= 0.6 is 0 Å². The first-order chi connectivity index (χ1) is 8.04. The van der Waals surface area contributed by atoms with Gasteiger partial charge in [-0.3, -0.25) is 4.79 Å². The monoisotopic (exact) mass is 236 g/mol. The predicted molar refractivity (Wildman–Crippen MR) is 64.2 cm³/mol. The van der Waals surface area contributed by atoms with Gasteiger partial charge in [-0.05, 0) is 18.9 Å². The number of rotatable bonds is 6. The summed E-state index contributed by atoms with van der Waals surface area (Å²) < 4.78 is 0. The van der Waals surface area contributed by atoms with Crippen LogP contribution in [0.3, 0.4) is 0 Å². The molecule has 0 aliphatic carbocycles. The minimum Gasteiger partial charge on any atom is -0.480 e. The molecule has 0 aliphatic rings. The molecule has 1 aromatic rings. The van der Waals surface area contributed by atoms with Crippen molar-refractivity contribution in [3.05, 3.63) is 40.8 Å². The zero-order valence-electron chi connectivity index (χ0n) is 9.96. The molecule has 0 heterocycles. The highest BCUT2D eigenvalue weighted by Crippen LogP contribution is 2.31. The zero-order chi connectivity index (χ0) is 12.9. The number of carboxylic acid groups (broad SMARTS) is 1. The Labute approximate surface area is 100 Å². The third-order valence-corrected chi connectivity index (χ3v) is 3.04. The first-order valence-corrected chi connectivity index (χ1v) is 5.43. The molecule has 0 amide bonds. The smallest absolute Gasteiger partial charge is 0.325 e. The Morgan fingerprint density at radius 2 is 2.00 bits per heavy atom. The first kappa shape index (κ1) is 13.2. The fraction of sp³-hybridized carbons (Fsp3) is 0.417. The van der Waals surface area contributed by atoms with Crippen LogP contribution in [0.25, 0.3) is 0 Å². The van der Waals surface area contributed by atoms with Gasteiger partial charge in [0.1, 0.15) is 6.54 Å². The minimum absolute atomic E-state index is 0.400. The van der Waals surface area contributed by atoms with Crippen molar-refractivity contribution in [2.24, 2.45) is 5.29 Å². The summed E-state index contributed by atoms with van der Waals surface area (Å²) >= 11 is 0. The van der Waals surface area contributed by atoms with E-state index < -0.39 is 18.1 Å². The summed E-state index contributed by atoms with van der Waals surface area (Å²) in [6, 6.07) is 9.31. The van der Waals surface area contributed by atoms with Crippen molar-refractivity contribution in [1.29, 1.82) is 0 Å². The second kappa shape index (κ2) is 5.43. The van der Waals surface area contributed by atoms with Gasteiger partial charge in [-0.2, -0.15) is 0 Å². The van der Waals surface area contributed by atoms with E-state index in [2.05, 4.69) is 5.29 Å². The van der Waals surface area contributed by atoms with Crippen LogP contribution in [0.15, 0.2) is 35.6 Å². The summed E-state index contributed by atoms with van der Waals surface area (Å²) in [4.78, 5) is 21.6. The molecule has 0 fully saturated rings. The van der Waals surface area contributed by atoms with Crippen LogP contribution in [0.4, 0.5) is 0 Å². The summed E-state index contributed by atoms with van der Waals surface area (Å²) in [5.41, 5.74) is 0.185. The summed E-state index contributed by atoms with van der Waals surface area (Å²) in [5.74, 6) is -1.07. The standard InChI is InChI=1S/C12H16N2O3/c1-3-12(2,10-7-5-4-6-8-10)14(13-17)9-11(15)16/h4-8H,3,9H2,1-2H3,(H,15,16). The number of hydrogen-bond donors (Lipinski definition) is 1. The number of nitrogens with zero attached hydrogens (tertiary/aromatic N) is 2. The van der Waals surface area contributed by atoms with E-state index in [4.69, 9.17) is 5.11 Å². The minimum atomic E-state index is -1.07. The van der Waals surface area contributed by atoms with Crippen molar-refractivity contribution >= 4 is 5.97 Å². The average Bonchev–Trinajstić information content (AvgIpc) is 2.35. The topological polar surface area (TPSA) is 70.0 Å². The van der Waals surface area contributed by atoms with E-state index in [9.17, 15) is 9.70 Å². The molecule has 1 rings (SSSR count). The molecule has 1 aromatic carbocycles. The second-order valence-corrected chi connectivity index (χ2v) is 4.03. The van der Waals surface area contributed by atoms with Crippen LogP contribution in [-0.4, -0.2) is 22.6 Å². The summed E-state index contributed by atoms with van der Waals surface area (Å²) in [5, 5.41) is 12.7. The lowest BCUT2D eigenvalue weighted by molar-refractivity contribution is -0.140. The lowest BCUT2D eigenvalue weighted by atomic mass is 9.88. The van der Waals surface area contributed by atoms with E-state index in [1.165, 1.54) is 0 Å². The molecule has 0 spiro atoms. The Morgan fingerprint density at radius 3 is 2.41 bits per heavy atom. The van der Waals surface area contributed by atoms with Crippen molar-refractivity contribution in [1.82, 2.24) is 5.01 Å². The molecule has 0 saturated carbocycles. The Kier molecular flexibility index (Phi) is 4.20. The molecule has 1 unspecified atom stereocenters. The van der Waals surface area contributed by atoms with E-state index in [-0.39, 0.29) is 0 Å². The van der Waals surface area contributed by atoms with Crippen molar-refractivity contribution in [3.8, 4) is 0 Å². The van der Waals surface area contributed by atoms with E-state index >= 15 is 0 Å². The lowest BCUT2D eigenvalue weighted by Crippen LogP contribution is -2.42. The fourth-order valence-corrected chi connectivity index (χ4v) is 1.75. The van der Waals surface area contributed by atoms with Gasteiger partial charge in [-0.25, -0.2) is 5.01 Å². The third kappa shape index (κ3) is 2.81. The highest BCUT2D eigenvalue weighted by atomic mass is 16.4. The van der Waals surface area contributed by atoms with Gasteiger partial charge in [0.15, 0.2) is 0 Å². The van der Waals surface area contributed by atoms with E-state index in [0.29, 0.717) is 6.42 Å². The maximum atomic E-state index is 10.8. The highest BCUT2D eigenvalue weighted by molar-refractivity contribution is 5.69. The molecule has 1 atom stereocenters. The molecule has 0 aliphatic heterocycles. The number of hydrogen-bond acceptors (Lipinski definition) is 3. The number of aliphatic carboxylic acids is 1. The maximum absolute atomic E-state index is 10.8. The Morgan fingerprint density at radius 1 is 1.41 bits per heavy atom. The molecular formula is C12H16N2O3. The van der Waals surface area contributed by atoms with Gasteiger partial charge in [0.05, 0.1) is 10.8 Å². The van der Waals surface area contributed by atoms with Gasteiger partial charge in [-0.1, -0.05) is 37.3 Å². The van der Waals surface area contributed by atoms with Crippen molar-refractivity contribution in [3.63, 3.8) is 0 Å². The predicted octanol–water partition coefficient (Wildman–Crippen LogP) is 2.38. The molecule has 17 heavy (non-hydrogen) atoms. The van der Waals surface area contributed by atoms with Crippen LogP contribution < -0.4 is 0 Å². The van der Waals surface area contributed by atoms with Gasteiger partial charge in [0.25, 0.3) is 0 Å². The lowest BCUT2D eigenvalue weighted by Gasteiger charge is -2.35. The first-order valence-electron chi connectivity index (χ1n) is 5.43. The molecular weight excluding hydrogens is 220 g/mol. The molecule has 0 aromatic heterocycles.